The molecule has 178 valence electrons. The van der Waals surface area contributed by atoms with Crippen LogP contribution in [0.3, 0.4) is 0 Å². The Bertz CT molecular complexity index is 1040. The van der Waals surface area contributed by atoms with Crippen molar-refractivity contribution in [3.05, 3.63) is 35.0 Å². The number of aromatic nitrogens is 2. The molecule has 1 aromatic heterocycles. The summed E-state index contributed by atoms with van der Waals surface area (Å²) in [5, 5.41) is 11.2. The first-order chi connectivity index (χ1) is 15.6. The maximum Gasteiger partial charge on any atom is 0.407 e. The largest absolute Gasteiger partial charge is 0.444 e. The van der Waals surface area contributed by atoms with E-state index in [0.717, 1.165) is 48.4 Å². The fourth-order valence-corrected chi connectivity index (χ4v) is 4.73. The van der Waals surface area contributed by atoms with Gasteiger partial charge in [0.25, 0.3) is 0 Å². The quantitative estimate of drug-likeness (QED) is 0.655. The van der Waals surface area contributed by atoms with Gasteiger partial charge < -0.3 is 20.3 Å². The molecule has 1 aliphatic carbocycles. The number of anilines is 3. The fourth-order valence-electron chi connectivity index (χ4n) is 4.56. The molecule has 1 aliphatic heterocycles. The molecule has 33 heavy (non-hydrogen) atoms. The van der Waals surface area contributed by atoms with Crippen LogP contribution in [0.2, 0.25) is 5.02 Å². The molecule has 0 bridgehead atoms. The van der Waals surface area contributed by atoms with E-state index in [-0.39, 0.29) is 17.9 Å². The summed E-state index contributed by atoms with van der Waals surface area (Å²) in [5.41, 5.74) is 2.08. The lowest BCUT2D eigenvalue weighted by Gasteiger charge is -2.32. The van der Waals surface area contributed by atoms with Gasteiger partial charge in [-0.15, -0.1) is 0 Å². The zero-order valence-corrected chi connectivity index (χ0v) is 20.4. The monoisotopic (exact) mass is 473 g/mol. The molecule has 0 atom stereocenters. The maximum absolute atomic E-state index is 13.6. The number of nitrogens with zero attached hydrogens (tertiary/aromatic N) is 3. The molecule has 8 nitrogen and oxygen atoms in total. The molecular formula is C24H32ClN5O3. The van der Waals surface area contributed by atoms with Gasteiger partial charge in [0.15, 0.2) is 0 Å². The van der Waals surface area contributed by atoms with E-state index in [1.165, 1.54) is 0 Å². The van der Waals surface area contributed by atoms with E-state index in [4.69, 9.17) is 16.3 Å². The van der Waals surface area contributed by atoms with Gasteiger partial charge in [-0.3, -0.25) is 9.48 Å². The van der Waals surface area contributed by atoms with E-state index >= 15 is 0 Å². The van der Waals surface area contributed by atoms with Crippen molar-refractivity contribution < 1.29 is 14.3 Å². The van der Waals surface area contributed by atoms with Gasteiger partial charge in [-0.25, -0.2) is 4.79 Å². The summed E-state index contributed by atoms with van der Waals surface area (Å²) in [6, 6.07) is 5.56. The van der Waals surface area contributed by atoms with Gasteiger partial charge in [0, 0.05) is 30.1 Å². The van der Waals surface area contributed by atoms with Crippen LogP contribution in [-0.4, -0.2) is 33.9 Å². The Kier molecular flexibility index (Phi) is 6.56. The second-order valence-corrected chi connectivity index (χ2v) is 10.4. The van der Waals surface area contributed by atoms with E-state index in [1.807, 2.05) is 50.9 Å². The molecule has 1 fully saturated rings. The SMILES string of the molecule is Cn1ncc2c1Nc1cc(Cl)ccc1N(C(=O)C1CCC(CNC(=O)OC(C)(C)C)CC1)C2. The average molecular weight is 474 g/mol. The zero-order valence-electron chi connectivity index (χ0n) is 19.7. The highest BCUT2D eigenvalue weighted by Gasteiger charge is 2.33. The third kappa shape index (κ3) is 5.43. The minimum atomic E-state index is -0.509. The molecule has 2 amide bonds. The van der Waals surface area contributed by atoms with Crippen molar-refractivity contribution in [2.45, 2.75) is 58.6 Å². The molecule has 0 unspecified atom stereocenters. The van der Waals surface area contributed by atoms with Crippen molar-refractivity contribution >= 4 is 40.8 Å². The van der Waals surface area contributed by atoms with Crippen LogP contribution in [0, 0.1) is 11.8 Å². The predicted octanol–water partition coefficient (Wildman–Crippen LogP) is 4.99. The molecule has 2 N–H and O–H groups in total. The van der Waals surface area contributed by atoms with Gasteiger partial charge in [0.1, 0.15) is 11.4 Å². The van der Waals surface area contributed by atoms with Gasteiger partial charge in [-0.05, 0) is 70.6 Å². The highest BCUT2D eigenvalue weighted by Crippen LogP contribution is 2.39. The first kappa shape index (κ1) is 23.4. The topological polar surface area (TPSA) is 88.5 Å². The van der Waals surface area contributed by atoms with Crippen molar-refractivity contribution in [3.63, 3.8) is 0 Å². The lowest BCUT2D eigenvalue weighted by Crippen LogP contribution is -2.39. The minimum absolute atomic E-state index is 0.0514. The molecule has 2 aromatic rings. The summed E-state index contributed by atoms with van der Waals surface area (Å²) in [7, 11) is 1.88. The molecule has 0 radical (unpaired) electrons. The van der Waals surface area contributed by atoms with E-state index in [1.54, 1.807) is 10.9 Å². The van der Waals surface area contributed by atoms with Crippen LogP contribution in [0.5, 0.6) is 0 Å². The molecule has 4 rings (SSSR count). The summed E-state index contributed by atoms with van der Waals surface area (Å²) < 4.78 is 7.09. The Morgan fingerprint density at radius 2 is 1.97 bits per heavy atom. The minimum Gasteiger partial charge on any atom is -0.444 e. The number of carbonyl (C=O) groups is 2. The van der Waals surface area contributed by atoms with Gasteiger partial charge in [0.05, 0.1) is 24.1 Å². The Hall–Kier alpha value is -2.74. The van der Waals surface area contributed by atoms with E-state index in [9.17, 15) is 9.59 Å². The fraction of sp³-hybridized carbons (Fsp3) is 0.542. The Morgan fingerprint density at radius 3 is 2.67 bits per heavy atom. The molecule has 1 saturated carbocycles. The summed E-state index contributed by atoms with van der Waals surface area (Å²) >= 11 is 6.25. The van der Waals surface area contributed by atoms with Gasteiger partial charge >= 0.3 is 6.09 Å². The van der Waals surface area contributed by atoms with Crippen molar-refractivity contribution in [3.8, 4) is 0 Å². The van der Waals surface area contributed by atoms with Crippen LogP contribution >= 0.6 is 11.6 Å². The lowest BCUT2D eigenvalue weighted by molar-refractivity contribution is -0.123. The summed E-state index contributed by atoms with van der Waals surface area (Å²) in [5.74, 6) is 1.29. The second kappa shape index (κ2) is 9.25. The number of halogens is 1. The number of carbonyl (C=O) groups excluding carboxylic acids is 2. The average Bonchev–Trinajstić information content (AvgIpc) is 3.00. The molecule has 0 saturated heterocycles. The number of amides is 2. The smallest absolute Gasteiger partial charge is 0.407 e. The highest BCUT2D eigenvalue weighted by atomic mass is 35.5. The maximum atomic E-state index is 13.6. The van der Waals surface area contributed by atoms with E-state index < -0.39 is 5.60 Å². The highest BCUT2D eigenvalue weighted by molar-refractivity contribution is 6.31. The van der Waals surface area contributed by atoms with E-state index in [0.29, 0.717) is 24.0 Å². The molecule has 2 heterocycles. The second-order valence-electron chi connectivity index (χ2n) is 9.95. The third-order valence-corrected chi connectivity index (χ3v) is 6.48. The zero-order chi connectivity index (χ0) is 23.8. The molecule has 2 aliphatic rings. The van der Waals surface area contributed by atoms with Crippen molar-refractivity contribution in [2.24, 2.45) is 18.9 Å². The predicted molar refractivity (Wildman–Crippen MR) is 129 cm³/mol. The number of fused-ring (bicyclic) bond motifs is 2. The van der Waals surface area contributed by atoms with Crippen LogP contribution < -0.4 is 15.5 Å². The normalized spacial score (nSPS) is 20.2. The number of benzene rings is 1. The van der Waals surface area contributed by atoms with Gasteiger partial charge in [-0.1, -0.05) is 11.6 Å². The first-order valence-corrected chi connectivity index (χ1v) is 11.8. The first-order valence-electron chi connectivity index (χ1n) is 11.5. The van der Waals surface area contributed by atoms with Crippen molar-refractivity contribution in [1.82, 2.24) is 15.1 Å². The number of nitrogens with one attached hydrogen (secondary N) is 2. The standard InChI is InChI=1S/C24H32ClN5O3/c1-24(2,3)33-23(32)26-12-15-5-7-16(8-6-15)22(31)30-14-17-13-27-29(4)21(17)28-19-11-18(25)9-10-20(19)30/h9-11,13,15-16,28H,5-8,12,14H2,1-4H3,(H,26,32). The number of hydrogen-bond donors (Lipinski definition) is 2. The third-order valence-electron chi connectivity index (χ3n) is 6.24. The van der Waals surface area contributed by atoms with Crippen molar-refractivity contribution in [1.29, 1.82) is 0 Å². The number of aryl methyl sites for hydroxylation is 1. The molecule has 0 spiro atoms. The van der Waals surface area contributed by atoms with Crippen LogP contribution in [0.15, 0.2) is 24.4 Å². The summed E-state index contributed by atoms with van der Waals surface area (Å²) in [4.78, 5) is 27.4. The van der Waals surface area contributed by atoms with Gasteiger partial charge in [0.2, 0.25) is 5.91 Å². The number of alkyl carbamates (subject to hydrolysis) is 1. The molecular weight excluding hydrogens is 442 g/mol. The lowest BCUT2D eigenvalue weighted by atomic mass is 9.81. The Labute approximate surface area is 199 Å². The number of hydrogen-bond acceptors (Lipinski definition) is 5. The van der Waals surface area contributed by atoms with Crippen LogP contribution in [-0.2, 0) is 23.1 Å². The summed E-state index contributed by atoms with van der Waals surface area (Å²) in [6.07, 6.45) is 4.79. The summed E-state index contributed by atoms with van der Waals surface area (Å²) in [6.45, 7) is 6.58. The molecule has 9 heteroatoms. The van der Waals surface area contributed by atoms with E-state index in [2.05, 4.69) is 15.7 Å². The van der Waals surface area contributed by atoms with Crippen LogP contribution in [0.25, 0.3) is 0 Å². The number of rotatable bonds is 3. The molecule has 1 aromatic carbocycles. The van der Waals surface area contributed by atoms with Crippen molar-refractivity contribution in [2.75, 3.05) is 16.8 Å². The van der Waals surface area contributed by atoms with Crippen LogP contribution in [0.4, 0.5) is 22.0 Å². The number of ether oxygens (including phenoxy) is 1. The Morgan fingerprint density at radius 1 is 1.24 bits per heavy atom. The Balaban J connectivity index is 1.42. The van der Waals surface area contributed by atoms with Crippen LogP contribution in [0.1, 0.15) is 52.0 Å². The van der Waals surface area contributed by atoms with Gasteiger partial charge in [-0.2, -0.15) is 5.10 Å².